The van der Waals surface area contributed by atoms with Crippen molar-refractivity contribution in [3.8, 4) is 0 Å². The molecule has 9 heteroatoms. The molecule has 1 aromatic carbocycles. The van der Waals surface area contributed by atoms with Crippen LogP contribution < -0.4 is 15.8 Å². The van der Waals surface area contributed by atoms with Crippen molar-refractivity contribution in [2.45, 2.75) is 37.0 Å². The van der Waals surface area contributed by atoms with Crippen molar-refractivity contribution in [2.24, 2.45) is 17.1 Å². The Morgan fingerprint density at radius 3 is 2.67 bits per heavy atom. The van der Waals surface area contributed by atoms with Crippen LogP contribution in [0.1, 0.15) is 32.1 Å². The van der Waals surface area contributed by atoms with Gasteiger partial charge in [0.2, 0.25) is 17.7 Å². The Bertz CT molecular complexity index is 925. The van der Waals surface area contributed by atoms with Crippen molar-refractivity contribution in [1.82, 2.24) is 4.72 Å². The van der Waals surface area contributed by atoms with E-state index in [1.165, 1.54) is 18.2 Å². The molecule has 0 aromatic heterocycles. The predicted molar refractivity (Wildman–Crippen MR) is 97.7 cm³/mol. The molecule has 8 nitrogen and oxygen atoms in total. The van der Waals surface area contributed by atoms with E-state index in [0.717, 1.165) is 6.42 Å². The maximum absolute atomic E-state index is 12.7. The number of rotatable bonds is 1. The second-order valence-electron chi connectivity index (χ2n) is 6.80. The Morgan fingerprint density at radius 1 is 1.19 bits per heavy atom. The minimum absolute atomic E-state index is 0.0799. The van der Waals surface area contributed by atoms with Gasteiger partial charge in [0.15, 0.2) is 0 Å². The molecule has 3 amide bonds. The molecule has 0 radical (unpaired) electrons. The van der Waals surface area contributed by atoms with Gasteiger partial charge in [-0.1, -0.05) is 24.3 Å². The first-order chi connectivity index (χ1) is 12.8. The SMILES string of the molecule is NC(=O)[C@@]12C[C@H]1/C=C\CCCCC(=O)Nc1ccccc1S(=O)(=O)NC2=O. The summed E-state index contributed by atoms with van der Waals surface area (Å²) in [5, 5.41) is 2.58. The van der Waals surface area contributed by atoms with Crippen LogP contribution in [0.3, 0.4) is 0 Å². The van der Waals surface area contributed by atoms with E-state index in [1.54, 1.807) is 12.1 Å². The summed E-state index contributed by atoms with van der Waals surface area (Å²) in [5.74, 6) is -2.53. The molecular weight excluding hydrogens is 370 g/mol. The molecule has 1 heterocycles. The number of nitrogens with one attached hydrogen (secondary N) is 2. The standard InChI is InChI=1S/C18H21N3O5S/c19-16(23)18-11-12(18)7-3-1-2-4-10-15(22)20-13-8-5-6-9-14(13)27(25,26)21-17(18)24/h3,5-9,12H,1-2,4,10-11H2,(H2,19,23)(H,20,22)(H,21,24)/b7-3-/t12-,18-/m1/s1. The van der Waals surface area contributed by atoms with Gasteiger partial charge in [0.25, 0.3) is 10.0 Å². The zero-order valence-electron chi connectivity index (χ0n) is 14.6. The lowest BCUT2D eigenvalue weighted by atomic mass is 10.0. The first kappa shape index (κ1) is 19.1. The summed E-state index contributed by atoms with van der Waals surface area (Å²) in [5.41, 5.74) is 3.94. The van der Waals surface area contributed by atoms with Gasteiger partial charge in [0.05, 0.1) is 5.69 Å². The molecular formula is C18H21N3O5S. The number of allylic oxidation sites excluding steroid dienone is 2. The third-order valence-electron chi connectivity index (χ3n) is 4.93. The Kier molecular flexibility index (Phi) is 5.05. The summed E-state index contributed by atoms with van der Waals surface area (Å²) in [6.07, 6.45) is 6.07. The van der Waals surface area contributed by atoms with Gasteiger partial charge in [-0.15, -0.1) is 0 Å². The topological polar surface area (TPSA) is 135 Å². The van der Waals surface area contributed by atoms with Crippen molar-refractivity contribution in [2.75, 3.05) is 5.32 Å². The smallest absolute Gasteiger partial charge is 0.266 e. The number of hydrogen-bond donors (Lipinski definition) is 3. The number of para-hydroxylation sites is 1. The van der Waals surface area contributed by atoms with E-state index in [2.05, 4.69) is 5.32 Å². The molecule has 0 spiro atoms. The lowest BCUT2D eigenvalue weighted by Gasteiger charge is -2.15. The molecule has 0 saturated heterocycles. The average molecular weight is 391 g/mol. The fraction of sp³-hybridized carbons (Fsp3) is 0.389. The monoisotopic (exact) mass is 391 g/mol. The number of amides is 3. The van der Waals surface area contributed by atoms with E-state index in [9.17, 15) is 22.8 Å². The molecule has 1 aliphatic carbocycles. The van der Waals surface area contributed by atoms with Gasteiger partial charge < -0.3 is 11.1 Å². The van der Waals surface area contributed by atoms with E-state index in [1.807, 2.05) is 10.8 Å². The van der Waals surface area contributed by atoms with E-state index >= 15 is 0 Å². The third-order valence-corrected chi connectivity index (χ3v) is 6.32. The first-order valence-electron chi connectivity index (χ1n) is 8.70. The number of carbonyl (C=O) groups is 3. The van der Waals surface area contributed by atoms with Crippen LogP contribution in [-0.2, 0) is 24.4 Å². The maximum atomic E-state index is 12.7. The van der Waals surface area contributed by atoms with Gasteiger partial charge in [-0.05, 0) is 37.8 Å². The van der Waals surface area contributed by atoms with Crippen LogP contribution in [0, 0.1) is 11.3 Å². The minimum atomic E-state index is -4.30. The van der Waals surface area contributed by atoms with Crippen LogP contribution >= 0.6 is 0 Å². The molecule has 0 unspecified atom stereocenters. The van der Waals surface area contributed by atoms with Gasteiger partial charge in [0.1, 0.15) is 10.3 Å². The largest absolute Gasteiger partial charge is 0.369 e. The average Bonchev–Trinajstić information content (AvgIpc) is 3.33. The van der Waals surface area contributed by atoms with Crippen LogP contribution in [0.15, 0.2) is 41.3 Å². The number of carbonyl (C=O) groups excluding carboxylic acids is 3. The molecule has 1 aromatic rings. The summed E-state index contributed by atoms with van der Waals surface area (Å²) in [4.78, 5) is 36.4. The normalized spacial score (nSPS) is 29.0. The molecule has 144 valence electrons. The number of primary amides is 1. The Balaban J connectivity index is 1.99. The van der Waals surface area contributed by atoms with Crippen LogP contribution in [0.5, 0.6) is 0 Å². The lowest BCUT2D eigenvalue weighted by molar-refractivity contribution is -0.134. The quantitative estimate of drug-likeness (QED) is 0.486. The Hall–Kier alpha value is -2.68. The highest BCUT2D eigenvalue weighted by molar-refractivity contribution is 7.90. The molecule has 1 aliphatic heterocycles. The molecule has 3 rings (SSSR count). The first-order valence-corrected chi connectivity index (χ1v) is 10.2. The van der Waals surface area contributed by atoms with Crippen molar-refractivity contribution in [3.63, 3.8) is 0 Å². The molecule has 1 fully saturated rings. The highest BCUT2D eigenvalue weighted by atomic mass is 32.2. The fourth-order valence-corrected chi connectivity index (χ4v) is 4.47. The Labute approximate surface area is 157 Å². The Morgan fingerprint density at radius 2 is 1.93 bits per heavy atom. The molecule has 2 atom stereocenters. The van der Waals surface area contributed by atoms with Crippen LogP contribution in [0.4, 0.5) is 5.69 Å². The second-order valence-corrected chi connectivity index (χ2v) is 8.45. The van der Waals surface area contributed by atoms with Gasteiger partial charge in [-0.2, -0.15) is 0 Å². The van der Waals surface area contributed by atoms with Crippen LogP contribution in [0.2, 0.25) is 0 Å². The number of sulfonamides is 1. The zero-order chi connectivity index (χ0) is 19.7. The van der Waals surface area contributed by atoms with Crippen LogP contribution in [0.25, 0.3) is 0 Å². The number of anilines is 1. The summed E-state index contributed by atoms with van der Waals surface area (Å²) >= 11 is 0. The molecule has 0 bridgehead atoms. The summed E-state index contributed by atoms with van der Waals surface area (Å²) < 4.78 is 27.4. The second kappa shape index (κ2) is 7.15. The van der Waals surface area contributed by atoms with Crippen LogP contribution in [-0.4, -0.2) is 26.1 Å². The molecule has 1 saturated carbocycles. The predicted octanol–water partition coefficient (Wildman–Crippen LogP) is 1.05. The van der Waals surface area contributed by atoms with Crippen molar-refractivity contribution < 1.29 is 22.8 Å². The van der Waals surface area contributed by atoms with E-state index < -0.39 is 33.2 Å². The zero-order valence-corrected chi connectivity index (χ0v) is 15.4. The summed E-state index contributed by atoms with van der Waals surface area (Å²) in [7, 11) is -4.30. The minimum Gasteiger partial charge on any atom is -0.369 e. The number of nitrogens with two attached hydrogens (primary N) is 1. The van der Waals surface area contributed by atoms with Gasteiger partial charge in [-0.3, -0.25) is 14.4 Å². The molecule has 2 aliphatic rings. The van der Waals surface area contributed by atoms with E-state index in [4.69, 9.17) is 5.73 Å². The van der Waals surface area contributed by atoms with E-state index in [-0.39, 0.29) is 29.3 Å². The molecule has 27 heavy (non-hydrogen) atoms. The van der Waals surface area contributed by atoms with Crippen molar-refractivity contribution >= 4 is 33.4 Å². The fourth-order valence-electron chi connectivity index (χ4n) is 3.27. The number of benzene rings is 1. The summed E-state index contributed by atoms with van der Waals surface area (Å²) in [6.45, 7) is 0. The highest BCUT2D eigenvalue weighted by Crippen LogP contribution is 2.53. The van der Waals surface area contributed by atoms with Gasteiger partial charge in [0, 0.05) is 12.3 Å². The third kappa shape index (κ3) is 3.73. The van der Waals surface area contributed by atoms with Crippen molar-refractivity contribution in [1.29, 1.82) is 0 Å². The van der Waals surface area contributed by atoms with E-state index in [0.29, 0.717) is 12.8 Å². The lowest BCUT2D eigenvalue weighted by Crippen LogP contribution is -2.44. The number of fused-ring (bicyclic) bond motifs is 2. The summed E-state index contributed by atoms with van der Waals surface area (Å²) in [6, 6.07) is 5.79. The number of hydrogen-bond acceptors (Lipinski definition) is 5. The maximum Gasteiger partial charge on any atom is 0.266 e. The van der Waals surface area contributed by atoms with Gasteiger partial charge in [-0.25, -0.2) is 13.1 Å². The van der Waals surface area contributed by atoms with Crippen molar-refractivity contribution in [3.05, 3.63) is 36.4 Å². The highest BCUT2D eigenvalue weighted by Gasteiger charge is 2.64. The molecule has 4 N–H and O–H groups in total. The van der Waals surface area contributed by atoms with Gasteiger partial charge >= 0.3 is 0 Å².